The highest BCUT2D eigenvalue weighted by Crippen LogP contribution is 2.18. The number of aromatic nitrogens is 1. The van der Waals surface area contributed by atoms with E-state index in [9.17, 15) is 8.42 Å². The molecule has 0 saturated carbocycles. The molecule has 0 saturated heterocycles. The summed E-state index contributed by atoms with van der Waals surface area (Å²) in [6.07, 6.45) is 4.21. The van der Waals surface area contributed by atoms with Gasteiger partial charge in [-0.2, -0.15) is 0 Å². The molecule has 2 N–H and O–H groups in total. The fourth-order valence-corrected chi connectivity index (χ4v) is 4.26. The molecule has 3 aromatic rings. The Labute approximate surface area is 190 Å². The smallest absolute Gasteiger partial charge is 0.240 e. The van der Waals surface area contributed by atoms with Gasteiger partial charge in [0.2, 0.25) is 10.0 Å². The lowest BCUT2D eigenvalue weighted by molar-refractivity contribution is 0.414. The van der Waals surface area contributed by atoms with Gasteiger partial charge in [-0.05, 0) is 61.2 Å². The summed E-state index contributed by atoms with van der Waals surface area (Å²) >= 11 is 0. The third-order valence-corrected chi connectivity index (χ3v) is 6.04. The number of fused-ring (bicyclic) bond motifs is 1. The number of hydrogen-bond acceptors (Lipinski definition) is 5. The normalized spacial score (nSPS) is 11.9. The first-order chi connectivity index (χ1) is 13.5. The Morgan fingerprint density at radius 2 is 1.87 bits per heavy atom. The zero-order chi connectivity index (χ0) is 20.0. The quantitative estimate of drug-likeness (QED) is 0.466. The zero-order valence-electron chi connectivity index (χ0n) is 16.9. The van der Waals surface area contributed by atoms with Crippen LogP contribution in [0, 0.1) is 0 Å². The van der Waals surface area contributed by atoms with Crippen LogP contribution in [-0.2, 0) is 16.4 Å². The number of sulfonamides is 1. The van der Waals surface area contributed by atoms with Crippen molar-refractivity contribution in [2.24, 2.45) is 0 Å². The van der Waals surface area contributed by atoms with Gasteiger partial charge in [0.25, 0.3) is 0 Å². The highest BCUT2D eigenvalue weighted by molar-refractivity contribution is 7.89. The van der Waals surface area contributed by atoms with Crippen LogP contribution in [0.25, 0.3) is 10.8 Å². The second-order valence-corrected chi connectivity index (χ2v) is 8.43. The van der Waals surface area contributed by atoms with E-state index < -0.39 is 10.0 Å². The maximum atomic E-state index is 12.6. The van der Waals surface area contributed by atoms with Gasteiger partial charge in [-0.25, -0.2) is 13.1 Å². The number of halogens is 2. The molecule has 9 heteroatoms. The van der Waals surface area contributed by atoms with E-state index in [1.165, 1.54) is 5.56 Å². The minimum atomic E-state index is -3.58. The molecular formula is C21H27Cl2N3O3S. The minimum absolute atomic E-state index is 0. The van der Waals surface area contributed by atoms with Crippen LogP contribution < -0.4 is 14.8 Å². The van der Waals surface area contributed by atoms with E-state index >= 15 is 0 Å². The van der Waals surface area contributed by atoms with Crippen molar-refractivity contribution < 1.29 is 13.2 Å². The van der Waals surface area contributed by atoms with Crippen molar-refractivity contribution in [2.45, 2.75) is 24.3 Å². The molecule has 0 radical (unpaired) electrons. The fraction of sp³-hybridized carbons (Fsp3) is 0.286. The predicted octanol–water partition coefficient (Wildman–Crippen LogP) is 3.59. The van der Waals surface area contributed by atoms with Gasteiger partial charge in [0, 0.05) is 30.4 Å². The predicted molar refractivity (Wildman–Crippen MR) is 126 cm³/mol. The topological polar surface area (TPSA) is 80.3 Å². The summed E-state index contributed by atoms with van der Waals surface area (Å²) in [6.45, 7) is 3.14. The van der Waals surface area contributed by atoms with Crippen molar-refractivity contribution in [1.82, 2.24) is 15.0 Å². The lowest BCUT2D eigenvalue weighted by atomic mass is 10.1. The fourth-order valence-electron chi connectivity index (χ4n) is 2.98. The first-order valence-electron chi connectivity index (χ1n) is 9.18. The molecule has 164 valence electrons. The molecule has 0 bridgehead atoms. The van der Waals surface area contributed by atoms with Crippen LogP contribution in [0.3, 0.4) is 0 Å². The lowest BCUT2D eigenvalue weighted by Crippen LogP contribution is -2.40. The second-order valence-electron chi connectivity index (χ2n) is 6.71. The van der Waals surface area contributed by atoms with Crippen LogP contribution >= 0.6 is 24.8 Å². The van der Waals surface area contributed by atoms with Crippen molar-refractivity contribution in [3.8, 4) is 5.75 Å². The molecule has 0 spiro atoms. The maximum absolute atomic E-state index is 12.6. The van der Waals surface area contributed by atoms with E-state index in [2.05, 4.69) is 15.0 Å². The van der Waals surface area contributed by atoms with E-state index in [4.69, 9.17) is 4.74 Å². The van der Waals surface area contributed by atoms with Gasteiger partial charge in [0.1, 0.15) is 5.75 Å². The Kier molecular flexibility index (Phi) is 10.5. The van der Waals surface area contributed by atoms with Gasteiger partial charge in [0.15, 0.2) is 0 Å². The van der Waals surface area contributed by atoms with E-state index in [0.717, 1.165) is 29.5 Å². The average Bonchev–Trinajstić information content (AvgIpc) is 2.70. The van der Waals surface area contributed by atoms with E-state index in [1.807, 2.05) is 31.2 Å². The van der Waals surface area contributed by atoms with Gasteiger partial charge in [-0.1, -0.05) is 18.2 Å². The van der Waals surface area contributed by atoms with Crippen LogP contribution in [0.1, 0.15) is 12.5 Å². The molecule has 0 amide bonds. The van der Waals surface area contributed by atoms with E-state index in [-0.39, 0.29) is 35.8 Å². The second kappa shape index (κ2) is 12.1. The Bertz CT molecular complexity index is 1050. The molecule has 6 nitrogen and oxygen atoms in total. The third kappa shape index (κ3) is 7.11. The molecular weight excluding hydrogens is 445 g/mol. The number of methoxy groups -OCH3 is 1. The summed E-state index contributed by atoms with van der Waals surface area (Å²) in [5.41, 5.74) is 1.17. The highest BCUT2D eigenvalue weighted by atomic mass is 35.5. The Balaban J connectivity index is 0.00000225. The van der Waals surface area contributed by atoms with Gasteiger partial charge in [0.05, 0.1) is 12.0 Å². The molecule has 1 aromatic heterocycles. The van der Waals surface area contributed by atoms with Gasteiger partial charge in [-0.3, -0.25) is 4.98 Å². The molecule has 0 aliphatic carbocycles. The molecule has 30 heavy (non-hydrogen) atoms. The minimum Gasteiger partial charge on any atom is -0.497 e. The summed E-state index contributed by atoms with van der Waals surface area (Å²) in [6, 6.07) is 14.5. The summed E-state index contributed by atoms with van der Waals surface area (Å²) < 4.78 is 33.2. The van der Waals surface area contributed by atoms with E-state index in [1.54, 1.807) is 43.8 Å². The van der Waals surface area contributed by atoms with Gasteiger partial charge >= 0.3 is 0 Å². The van der Waals surface area contributed by atoms with Crippen LogP contribution in [-0.4, -0.2) is 39.6 Å². The van der Waals surface area contributed by atoms with Crippen molar-refractivity contribution >= 4 is 45.6 Å². The number of nitrogens with zero attached hydrogens (tertiary/aromatic N) is 1. The standard InChI is InChI=1S/C21H25N3O3S.2ClH/c1-16(14-22-10-8-17-4-3-5-20(12-17)27-2)24-28(25,26)21-7-6-19-15-23-11-9-18(19)13-21;;/h3-7,9,11-13,15-16,22,24H,8,10,14H2,1-2H3;2*1H. The van der Waals surface area contributed by atoms with Gasteiger partial charge in [-0.15, -0.1) is 24.8 Å². The zero-order valence-corrected chi connectivity index (χ0v) is 19.3. The SMILES string of the molecule is COc1cccc(CCNCC(C)NS(=O)(=O)c2ccc3cnccc3c2)c1.Cl.Cl. The first-order valence-corrected chi connectivity index (χ1v) is 10.7. The number of pyridine rings is 1. The summed E-state index contributed by atoms with van der Waals surface area (Å²) in [5, 5.41) is 5.06. The molecule has 1 atom stereocenters. The molecule has 1 unspecified atom stereocenters. The van der Waals surface area contributed by atoms with Crippen LogP contribution in [0.4, 0.5) is 0 Å². The number of hydrogen-bond donors (Lipinski definition) is 2. The number of benzene rings is 2. The van der Waals surface area contributed by atoms with E-state index in [0.29, 0.717) is 6.54 Å². The number of ether oxygens (including phenoxy) is 1. The van der Waals surface area contributed by atoms with Crippen molar-refractivity contribution in [1.29, 1.82) is 0 Å². The van der Waals surface area contributed by atoms with Crippen LogP contribution in [0.2, 0.25) is 0 Å². The summed E-state index contributed by atoms with van der Waals surface area (Å²) in [5.74, 6) is 0.838. The first kappa shape index (κ1) is 26.1. The third-order valence-electron chi connectivity index (χ3n) is 4.45. The Morgan fingerprint density at radius 1 is 1.07 bits per heavy atom. The number of nitrogens with one attached hydrogen (secondary N) is 2. The summed E-state index contributed by atoms with van der Waals surface area (Å²) in [7, 11) is -1.93. The molecule has 0 aliphatic heterocycles. The molecule has 2 aromatic carbocycles. The average molecular weight is 472 g/mol. The van der Waals surface area contributed by atoms with Crippen molar-refractivity contribution in [2.75, 3.05) is 20.2 Å². The van der Waals surface area contributed by atoms with Crippen LogP contribution in [0.15, 0.2) is 65.8 Å². The van der Waals surface area contributed by atoms with Crippen molar-refractivity contribution in [3.05, 3.63) is 66.5 Å². The summed E-state index contributed by atoms with van der Waals surface area (Å²) in [4.78, 5) is 4.30. The molecule has 0 aliphatic rings. The molecule has 3 rings (SSSR count). The highest BCUT2D eigenvalue weighted by Gasteiger charge is 2.17. The van der Waals surface area contributed by atoms with Gasteiger partial charge < -0.3 is 10.1 Å². The maximum Gasteiger partial charge on any atom is 0.240 e. The molecule has 1 heterocycles. The molecule has 0 fully saturated rings. The van der Waals surface area contributed by atoms with Crippen LogP contribution in [0.5, 0.6) is 5.75 Å². The lowest BCUT2D eigenvalue weighted by Gasteiger charge is -2.15. The Morgan fingerprint density at radius 3 is 2.63 bits per heavy atom. The number of rotatable bonds is 9. The van der Waals surface area contributed by atoms with Crippen molar-refractivity contribution in [3.63, 3.8) is 0 Å². The monoisotopic (exact) mass is 471 g/mol. The Hall–Kier alpha value is -1.90. The largest absolute Gasteiger partial charge is 0.497 e.